The second kappa shape index (κ2) is 7.39. The van der Waals surface area contributed by atoms with Crippen molar-refractivity contribution >= 4 is 29.0 Å². The molecule has 140 valence electrons. The van der Waals surface area contributed by atoms with Crippen LogP contribution in [-0.4, -0.2) is 29.9 Å². The molecule has 2 atom stereocenters. The normalized spacial score (nSPS) is 21.0. The van der Waals surface area contributed by atoms with Crippen LogP contribution in [0.15, 0.2) is 42.6 Å². The van der Waals surface area contributed by atoms with Gasteiger partial charge in [0.25, 0.3) is 5.91 Å². The van der Waals surface area contributed by atoms with E-state index in [0.717, 1.165) is 25.2 Å². The Morgan fingerprint density at radius 1 is 1.04 bits per heavy atom. The fourth-order valence-electron chi connectivity index (χ4n) is 3.44. The Kier molecular flexibility index (Phi) is 4.79. The van der Waals surface area contributed by atoms with Crippen LogP contribution in [0, 0.1) is 11.8 Å². The van der Waals surface area contributed by atoms with E-state index in [0.29, 0.717) is 23.0 Å². The number of benzene rings is 1. The third-order valence-corrected chi connectivity index (χ3v) is 5.32. The summed E-state index contributed by atoms with van der Waals surface area (Å²) in [6, 6.07) is 10.7. The number of rotatable bonds is 5. The summed E-state index contributed by atoms with van der Waals surface area (Å²) in [6.45, 7) is 4.20. The van der Waals surface area contributed by atoms with E-state index >= 15 is 0 Å². The number of nitrogens with one attached hydrogen (secondary N) is 2. The molecule has 6 nitrogen and oxygen atoms in total. The van der Waals surface area contributed by atoms with E-state index in [1.165, 1.54) is 12.8 Å². The number of hydrogen-bond donors (Lipinski definition) is 2. The molecule has 2 amide bonds. The number of hydrogen-bond acceptors (Lipinski definition) is 4. The van der Waals surface area contributed by atoms with Gasteiger partial charge in [0.05, 0.1) is 11.9 Å². The van der Waals surface area contributed by atoms with Crippen molar-refractivity contribution in [2.24, 2.45) is 11.8 Å². The smallest absolute Gasteiger partial charge is 0.256 e. The largest absolute Gasteiger partial charge is 0.370 e. The first-order chi connectivity index (χ1) is 13.1. The summed E-state index contributed by atoms with van der Waals surface area (Å²) in [5.74, 6) is 0.970. The maximum absolute atomic E-state index is 12.4. The standard InChI is InChI=1S/C21H24N4O2/c1-14-12-18(14)21(27)23-16-6-4-15(5-7-16)20(26)24-19-9-8-17(13-22-19)25-10-2-3-11-25/h4-9,13-14,18H,2-3,10-12H2,1H3,(H,23,27)(H,22,24,26)/t14-,18-/m0/s1. The number of pyridine rings is 1. The summed E-state index contributed by atoms with van der Waals surface area (Å²) in [4.78, 5) is 31.0. The van der Waals surface area contributed by atoms with Gasteiger partial charge in [0.2, 0.25) is 5.91 Å². The number of anilines is 3. The predicted octanol–water partition coefficient (Wildman–Crippen LogP) is 3.53. The molecule has 2 heterocycles. The van der Waals surface area contributed by atoms with E-state index in [-0.39, 0.29) is 17.7 Å². The highest BCUT2D eigenvalue weighted by Gasteiger charge is 2.39. The molecule has 4 rings (SSSR count). The lowest BCUT2D eigenvalue weighted by molar-refractivity contribution is -0.117. The van der Waals surface area contributed by atoms with Gasteiger partial charge >= 0.3 is 0 Å². The van der Waals surface area contributed by atoms with E-state index < -0.39 is 0 Å². The number of nitrogens with zero attached hydrogens (tertiary/aromatic N) is 2. The fourth-order valence-corrected chi connectivity index (χ4v) is 3.44. The monoisotopic (exact) mass is 364 g/mol. The summed E-state index contributed by atoms with van der Waals surface area (Å²) in [5.41, 5.74) is 2.33. The Hall–Kier alpha value is -2.89. The maximum Gasteiger partial charge on any atom is 0.256 e. The molecule has 0 bridgehead atoms. The Morgan fingerprint density at radius 3 is 2.33 bits per heavy atom. The van der Waals surface area contributed by atoms with Crippen LogP contribution in [0.4, 0.5) is 17.2 Å². The summed E-state index contributed by atoms with van der Waals surface area (Å²) >= 11 is 0. The van der Waals surface area contributed by atoms with Crippen molar-refractivity contribution in [2.75, 3.05) is 28.6 Å². The minimum absolute atomic E-state index is 0.0574. The Bertz CT molecular complexity index is 826. The van der Waals surface area contributed by atoms with E-state index in [9.17, 15) is 9.59 Å². The van der Waals surface area contributed by atoms with Crippen LogP contribution in [-0.2, 0) is 4.79 Å². The molecule has 2 aliphatic rings. The fraction of sp³-hybridized carbons (Fsp3) is 0.381. The lowest BCUT2D eigenvalue weighted by atomic mass is 10.2. The maximum atomic E-state index is 12.4. The van der Waals surface area contributed by atoms with Gasteiger partial charge in [-0.1, -0.05) is 6.92 Å². The molecule has 1 aromatic heterocycles. The van der Waals surface area contributed by atoms with Crippen LogP contribution in [0.25, 0.3) is 0 Å². The number of aromatic nitrogens is 1. The van der Waals surface area contributed by atoms with Crippen LogP contribution >= 0.6 is 0 Å². The second-order valence-electron chi connectivity index (χ2n) is 7.44. The van der Waals surface area contributed by atoms with Gasteiger partial charge < -0.3 is 15.5 Å². The van der Waals surface area contributed by atoms with Gasteiger partial charge in [0, 0.05) is 30.3 Å². The van der Waals surface area contributed by atoms with Gasteiger partial charge in [-0.3, -0.25) is 9.59 Å². The lowest BCUT2D eigenvalue weighted by Gasteiger charge is -2.17. The van der Waals surface area contributed by atoms with Gasteiger partial charge in [0.15, 0.2) is 0 Å². The molecule has 1 aliphatic carbocycles. The average molecular weight is 364 g/mol. The van der Waals surface area contributed by atoms with Crippen molar-refractivity contribution in [1.29, 1.82) is 0 Å². The van der Waals surface area contributed by atoms with Gasteiger partial charge in [0.1, 0.15) is 5.82 Å². The first-order valence-corrected chi connectivity index (χ1v) is 9.53. The van der Waals surface area contributed by atoms with Crippen LogP contribution < -0.4 is 15.5 Å². The molecule has 0 radical (unpaired) electrons. The van der Waals surface area contributed by atoms with E-state index in [2.05, 4.69) is 27.4 Å². The highest BCUT2D eigenvalue weighted by molar-refractivity contribution is 6.04. The van der Waals surface area contributed by atoms with Gasteiger partial charge in [-0.05, 0) is 61.6 Å². The first kappa shape index (κ1) is 17.5. The molecule has 2 fully saturated rings. The molecular formula is C21H24N4O2. The third kappa shape index (κ3) is 4.10. The number of amides is 2. The van der Waals surface area contributed by atoms with Gasteiger partial charge in [-0.2, -0.15) is 0 Å². The summed E-state index contributed by atoms with van der Waals surface area (Å²) < 4.78 is 0. The third-order valence-electron chi connectivity index (χ3n) is 5.32. The van der Waals surface area contributed by atoms with E-state index in [1.807, 2.05) is 12.1 Å². The first-order valence-electron chi connectivity index (χ1n) is 9.53. The molecule has 0 unspecified atom stereocenters. The SMILES string of the molecule is C[C@H]1C[C@@H]1C(=O)Nc1ccc(C(=O)Nc2ccc(N3CCCC3)cn2)cc1. The van der Waals surface area contributed by atoms with Crippen molar-refractivity contribution in [3.8, 4) is 0 Å². The summed E-state index contributed by atoms with van der Waals surface area (Å²) in [6.07, 6.45) is 5.19. The molecule has 27 heavy (non-hydrogen) atoms. The van der Waals surface area contributed by atoms with E-state index in [1.54, 1.807) is 30.5 Å². The van der Waals surface area contributed by atoms with E-state index in [4.69, 9.17) is 0 Å². The van der Waals surface area contributed by atoms with Crippen molar-refractivity contribution in [3.05, 3.63) is 48.2 Å². The highest BCUT2D eigenvalue weighted by Crippen LogP contribution is 2.38. The summed E-state index contributed by atoms with van der Waals surface area (Å²) in [7, 11) is 0. The molecule has 1 aliphatic heterocycles. The molecule has 0 spiro atoms. The van der Waals surface area contributed by atoms with Crippen molar-refractivity contribution < 1.29 is 9.59 Å². The molecule has 1 saturated heterocycles. The topological polar surface area (TPSA) is 74.3 Å². The van der Waals surface area contributed by atoms with Crippen LogP contribution in [0.3, 0.4) is 0 Å². The van der Waals surface area contributed by atoms with Crippen molar-refractivity contribution in [2.45, 2.75) is 26.2 Å². The van der Waals surface area contributed by atoms with Crippen LogP contribution in [0.5, 0.6) is 0 Å². The Balaban J connectivity index is 1.34. The molecule has 1 aromatic carbocycles. The average Bonchev–Trinajstić information content (AvgIpc) is 3.18. The Labute approximate surface area is 159 Å². The zero-order chi connectivity index (χ0) is 18.8. The lowest BCUT2D eigenvalue weighted by Crippen LogP contribution is -2.18. The number of carbonyl (C=O) groups excluding carboxylic acids is 2. The van der Waals surface area contributed by atoms with Gasteiger partial charge in [-0.25, -0.2) is 4.98 Å². The zero-order valence-corrected chi connectivity index (χ0v) is 15.4. The van der Waals surface area contributed by atoms with Crippen LogP contribution in [0.2, 0.25) is 0 Å². The molecule has 2 aromatic rings. The molecule has 1 saturated carbocycles. The quantitative estimate of drug-likeness (QED) is 0.851. The van der Waals surface area contributed by atoms with Crippen molar-refractivity contribution in [1.82, 2.24) is 4.98 Å². The zero-order valence-electron chi connectivity index (χ0n) is 15.4. The predicted molar refractivity (Wildman–Crippen MR) is 106 cm³/mol. The number of carbonyl (C=O) groups is 2. The Morgan fingerprint density at radius 2 is 1.74 bits per heavy atom. The second-order valence-corrected chi connectivity index (χ2v) is 7.44. The van der Waals surface area contributed by atoms with Gasteiger partial charge in [-0.15, -0.1) is 0 Å². The summed E-state index contributed by atoms with van der Waals surface area (Å²) in [5, 5.41) is 5.71. The van der Waals surface area contributed by atoms with Crippen molar-refractivity contribution in [3.63, 3.8) is 0 Å². The minimum Gasteiger partial charge on any atom is -0.370 e. The van der Waals surface area contributed by atoms with Crippen LogP contribution in [0.1, 0.15) is 36.5 Å². The molecule has 6 heteroatoms. The molecular weight excluding hydrogens is 340 g/mol. The highest BCUT2D eigenvalue weighted by atomic mass is 16.2. The molecule has 2 N–H and O–H groups in total. The minimum atomic E-state index is -0.217.